The van der Waals surface area contributed by atoms with Gasteiger partial charge in [0.25, 0.3) is 5.91 Å². The van der Waals surface area contributed by atoms with E-state index < -0.39 is 34.5 Å². The number of fused-ring (bicyclic) bond motifs is 1. The van der Waals surface area contributed by atoms with Crippen LogP contribution in [-0.2, 0) is 14.8 Å². The van der Waals surface area contributed by atoms with Gasteiger partial charge in [0, 0.05) is 17.4 Å². The lowest BCUT2D eigenvalue weighted by molar-refractivity contribution is -0.138. The number of amides is 1. The van der Waals surface area contributed by atoms with Gasteiger partial charge < -0.3 is 25.5 Å². The second-order valence-electron chi connectivity index (χ2n) is 8.88. The average molecular weight is 515 g/mol. The first-order chi connectivity index (χ1) is 17.2. The Balaban J connectivity index is 1.39. The number of benzene rings is 2. The van der Waals surface area contributed by atoms with Crippen LogP contribution in [0.4, 0.5) is 0 Å². The van der Waals surface area contributed by atoms with Crippen molar-refractivity contribution in [1.82, 2.24) is 20.3 Å². The van der Waals surface area contributed by atoms with Gasteiger partial charge in [-0.3, -0.25) is 9.59 Å². The number of ether oxygens (including phenoxy) is 1. The van der Waals surface area contributed by atoms with Gasteiger partial charge in [-0.05, 0) is 75.2 Å². The molecule has 1 saturated heterocycles. The highest BCUT2D eigenvalue weighted by molar-refractivity contribution is 7.89. The molecular weight excluding hydrogens is 484 g/mol. The first-order valence-electron chi connectivity index (χ1n) is 11.8. The number of H-pyrrole nitrogens is 1. The van der Waals surface area contributed by atoms with Crippen molar-refractivity contribution in [3.05, 3.63) is 60.3 Å². The molecule has 1 aromatic heterocycles. The number of hydrogen-bond acceptors (Lipinski definition) is 6. The van der Waals surface area contributed by atoms with Crippen molar-refractivity contribution in [3.8, 4) is 5.75 Å². The zero-order valence-electron chi connectivity index (χ0n) is 19.9. The van der Waals surface area contributed by atoms with Crippen LogP contribution in [0.25, 0.3) is 10.9 Å². The Hall–Kier alpha value is -3.41. The van der Waals surface area contributed by atoms with E-state index in [-0.39, 0.29) is 16.7 Å². The summed E-state index contributed by atoms with van der Waals surface area (Å²) in [6.07, 6.45) is 2.20. The van der Waals surface area contributed by atoms with Crippen molar-refractivity contribution in [1.29, 1.82) is 0 Å². The van der Waals surface area contributed by atoms with Crippen LogP contribution in [0.3, 0.4) is 0 Å². The second kappa shape index (κ2) is 11.1. The number of carboxylic acids is 1. The maximum atomic E-state index is 12.7. The van der Waals surface area contributed by atoms with E-state index in [2.05, 4.69) is 27.3 Å². The first-order valence-corrected chi connectivity index (χ1v) is 13.3. The molecule has 2 aromatic carbocycles. The van der Waals surface area contributed by atoms with Gasteiger partial charge in [-0.15, -0.1) is 0 Å². The van der Waals surface area contributed by atoms with E-state index in [1.165, 1.54) is 24.3 Å². The standard InChI is InChI=1S/C25H30N4O6S/c1-16(17-9-11-26-12-10-17)35-19-7-8-21-18(13-19)14-22(28-21)24(30)27-15-23(25(31)32)29-36(33,34)20-5-3-2-4-6-20/h2-8,13-14,16-17,23,26,28-29H,9-12,15H2,1H3,(H,27,30)(H,31,32). The van der Waals surface area contributed by atoms with E-state index in [0.29, 0.717) is 11.7 Å². The fourth-order valence-electron chi connectivity index (χ4n) is 4.26. The molecule has 2 atom stereocenters. The summed E-state index contributed by atoms with van der Waals surface area (Å²) in [4.78, 5) is 27.3. The number of carbonyl (C=O) groups excluding carboxylic acids is 1. The fourth-order valence-corrected chi connectivity index (χ4v) is 5.47. The van der Waals surface area contributed by atoms with Gasteiger partial charge in [0.05, 0.1) is 11.0 Å². The van der Waals surface area contributed by atoms with Crippen molar-refractivity contribution in [2.24, 2.45) is 5.92 Å². The van der Waals surface area contributed by atoms with Crippen molar-refractivity contribution < 1.29 is 27.9 Å². The van der Waals surface area contributed by atoms with E-state index in [4.69, 9.17) is 4.74 Å². The quantitative estimate of drug-likeness (QED) is 0.278. The number of aromatic nitrogens is 1. The number of carbonyl (C=O) groups is 2. The molecule has 0 spiro atoms. The lowest BCUT2D eigenvalue weighted by atomic mass is 9.93. The van der Waals surface area contributed by atoms with Crippen molar-refractivity contribution in [2.75, 3.05) is 19.6 Å². The van der Waals surface area contributed by atoms with Gasteiger partial charge in [0.2, 0.25) is 10.0 Å². The number of hydrogen-bond donors (Lipinski definition) is 5. The van der Waals surface area contributed by atoms with Crippen LogP contribution >= 0.6 is 0 Å². The molecule has 5 N–H and O–H groups in total. The maximum absolute atomic E-state index is 12.7. The summed E-state index contributed by atoms with van der Waals surface area (Å²) in [5.41, 5.74) is 0.949. The molecule has 192 valence electrons. The second-order valence-corrected chi connectivity index (χ2v) is 10.6. The zero-order valence-corrected chi connectivity index (χ0v) is 20.7. The number of nitrogens with one attached hydrogen (secondary N) is 4. The Kier molecular flexibility index (Phi) is 7.92. The number of rotatable bonds is 10. The Morgan fingerprint density at radius 3 is 2.53 bits per heavy atom. The molecule has 0 radical (unpaired) electrons. The molecule has 1 aliphatic rings. The van der Waals surface area contributed by atoms with Gasteiger partial charge in [0.15, 0.2) is 0 Å². The molecule has 1 fully saturated rings. The van der Waals surface area contributed by atoms with Gasteiger partial charge in [-0.1, -0.05) is 18.2 Å². The highest BCUT2D eigenvalue weighted by Crippen LogP contribution is 2.26. The summed E-state index contributed by atoms with van der Waals surface area (Å²) in [5, 5.41) is 16.1. The summed E-state index contributed by atoms with van der Waals surface area (Å²) < 4.78 is 33.2. The predicted molar refractivity (Wildman–Crippen MR) is 135 cm³/mol. The van der Waals surface area contributed by atoms with Crippen LogP contribution in [0.2, 0.25) is 0 Å². The highest BCUT2D eigenvalue weighted by Gasteiger charge is 2.26. The summed E-state index contributed by atoms with van der Waals surface area (Å²) in [5.74, 6) is -0.769. The molecule has 2 heterocycles. The van der Waals surface area contributed by atoms with Gasteiger partial charge in [-0.25, -0.2) is 8.42 Å². The summed E-state index contributed by atoms with van der Waals surface area (Å²) >= 11 is 0. The molecular formula is C25H30N4O6S. The number of sulfonamides is 1. The number of carboxylic acid groups (broad SMARTS) is 1. The minimum Gasteiger partial charge on any atom is -0.490 e. The van der Waals surface area contributed by atoms with Crippen LogP contribution in [0, 0.1) is 5.92 Å². The number of aromatic amines is 1. The van der Waals surface area contributed by atoms with E-state index >= 15 is 0 Å². The molecule has 0 bridgehead atoms. The average Bonchev–Trinajstić information content (AvgIpc) is 3.31. The smallest absolute Gasteiger partial charge is 0.323 e. The predicted octanol–water partition coefficient (Wildman–Crippen LogP) is 2.10. The zero-order chi connectivity index (χ0) is 25.7. The Morgan fingerprint density at radius 1 is 1.11 bits per heavy atom. The summed E-state index contributed by atoms with van der Waals surface area (Å²) in [6.45, 7) is 3.62. The molecule has 1 amide bonds. The molecule has 3 aromatic rings. The van der Waals surface area contributed by atoms with E-state index in [1.807, 2.05) is 18.2 Å². The lowest BCUT2D eigenvalue weighted by Gasteiger charge is -2.28. The van der Waals surface area contributed by atoms with Crippen LogP contribution in [0.15, 0.2) is 59.5 Å². The highest BCUT2D eigenvalue weighted by atomic mass is 32.2. The molecule has 36 heavy (non-hydrogen) atoms. The third-order valence-electron chi connectivity index (χ3n) is 6.32. The van der Waals surface area contributed by atoms with Gasteiger partial charge in [0.1, 0.15) is 17.5 Å². The summed E-state index contributed by atoms with van der Waals surface area (Å²) in [6, 6.07) is 13.1. The van der Waals surface area contributed by atoms with Gasteiger partial charge >= 0.3 is 5.97 Å². The summed E-state index contributed by atoms with van der Waals surface area (Å²) in [7, 11) is -4.07. The van der Waals surface area contributed by atoms with Crippen LogP contribution in [-0.4, -0.2) is 62.2 Å². The fraction of sp³-hybridized carbons (Fsp3) is 0.360. The SMILES string of the molecule is CC(Oc1ccc2[nH]c(C(=O)NCC(NS(=O)(=O)c3ccccc3)C(=O)O)cc2c1)C1CCNCC1. The normalized spacial score (nSPS) is 16.4. The van der Waals surface area contributed by atoms with E-state index in [9.17, 15) is 23.1 Å². The molecule has 11 heteroatoms. The van der Waals surface area contributed by atoms with Crippen LogP contribution < -0.4 is 20.1 Å². The van der Waals surface area contributed by atoms with Crippen molar-refractivity contribution in [2.45, 2.75) is 36.8 Å². The van der Waals surface area contributed by atoms with Gasteiger partial charge in [-0.2, -0.15) is 4.72 Å². The third-order valence-corrected chi connectivity index (χ3v) is 7.81. The topological polar surface area (TPSA) is 150 Å². The minimum absolute atomic E-state index is 0.0642. The van der Waals surface area contributed by atoms with Crippen molar-refractivity contribution >= 4 is 32.8 Å². The Morgan fingerprint density at radius 2 is 1.83 bits per heavy atom. The monoisotopic (exact) mass is 514 g/mol. The van der Waals surface area contributed by atoms with Crippen LogP contribution in [0.5, 0.6) is 5.75 Å². The van der Waals surface area contributed by atoms with E-state index in [0.717, 1.165) is 36.8 Å². The lowest BCUT2D eigenvalue weighted by Crippen LogP contribution is -2.48. The first kappa shape index (κ1) is 25.7. The molecule has 1 aliphatic heterocycles. The number of piperidine rings is 1. The Bertz CT molecular complexity index is 1320. The minimum atomic E-state index is -4.07. The molecule has 2 unspecified atom stereocenters. The molecule has 4 rings (SSSR count). The molecule has 0 aliphatic carbocycles. The molecule has 10 nitrogen and oxygen atoms in total. The van der Waals surface area contributed by atoms with Crippen LogP contribution in [0.1, 0.15) is 30.3 Å². The maximum Gasteiger partial charge on any atom is 0.323 e. The van der Waals surface area contributed by atoms with Crippen molar-refractivity contribution in [3.63, 3.8) is 0 Å². The third kappa shape index (κ3) is 6.23. The number of aliphatic carboxylic acids is 1. The largest absolute Gasteiger partial charge is 0.490 e. The Labute approximate surface area is 209 Å². The molecule has 0 saturated carbocycles. The van der Waals surface area contributed by atoms with E-state index in [1.54, 1.807) is 12.1 Å².